The number of fused-ring (bicyclic) bond motifs is 1. The Morgan fingerprint density at radius 3 is 2.65 bits per heavy atom. The first-order chi connectivity index (χ1) is 12.2. The van der Waals surface area contributed by atoms with Gasteiger partial charge in [0.05, 0.1) is 9.99 Å². The standard InChI is InChI=1S/C18H23BrFNO4Si/c1-26(2,3)7-6-24-10-25-18-16(19)13(20)8-12-14(22)9-15(23)21(17(12)18)11-4-5-11/h8-9,11,22H,4-7,10H2,1-3H3. The third-order valence-corrected chi connectivity index (χ3v) is 6.80. The monoisotopic (exact) mass is 443 g/mol. The molecule has 1 aliphatic carbocycles. The van der Waals surface area contributed by atoms with Gasteiger partial charge in [-0.05, 0) is 40.9 Å². The van der Waals surface area contributed by atoms with Crippen molar-refractivity contribution in [3.8, 4) is 11.5 Å². The first-order valence-electron chi connectivity index (χ1n) is 8.66. The van der Waals surface area contributed by atoms with Crippen LogP contribution < -0.4 is 10.3 Å². The summed E-state index contributed by atoms with van der Waals surface area (Å²) in [5.41, 5.74) is 0.0834. The smallest absolute Gasteiger partial charge is 0.255 e. The van der Waals surface area contributed by atoms with Crippen molar-refractivity contribution in [2.24, 2.45) is 0 Å². The van der Waals surface area contributed by atoms with E-state index in [1.807, 2.05) is 0 Å². The Bertz CT molecular complexity index is 890. The Labute approximate surface area is 160 Å². The molecule has 3 rings (SSSR count). The summed E-state index contributed by atoms with van der Waals surface area (Å²) in [4.78, 5) is 12.4. The molecule has 0 unspecified atom stereocenters. The van der Waals surface area contributed by atoms with Gasteiger partial charge in [0.2, 0.25) is 0 Å². The van der Waals surface area contributed by atoms with Crippen LogP contribution in [-0.4, -0.2) is 31.1 Å². The number of ether oxygens (including phenoxy) is 2. The van der Waals surface area contributed by atoms with Gasteiger partial charge in [0, 0.05) is 32.2 Å². The number of aromatic nitrogens is 1. The molecule has 1 aliphatic rings. The van der Waals surface area contributed by atoms with Gasteiger partial charge in [0.25, 0.3) is 5.56 Å². The molecule has 1 fully saturated rings. The molecule has 8 heteroatoms. The summed E-state index contributed by atoms with van der Waals surface area (Å²) in [6.07, 6.45) is 1.75. The summed E-state index contributed by atoms with van der Waals surface area (Å²) in [5, 5.41) is 10.4. The minimum Gasteiger partial charge on any atom is -0.507 e. The van der Waals surface area contributed by atoms with Crippen molar-refractivity contribution in [3.63, 3.8) is 0 Å². The minimum absolute atomic E-state index is 0.0455. The molecule has 0 bridgehead atoms. The average molecular weight is 444 g/mol. The molecule has 2 aromatic rings. The number of hydrogen-bond donors (Lipinski definition) is 1. The maximum Gasteiger partial charge on any atom is 0.255 e. The predicted molar refractivity (Wildman–Crippen MR) is 105 cm³/mol. The van der Waals surface area contributed by atoms with Crippen LogP contribution >= 0.6 is 15.9 Å². The highest BCUT2D eigenvalue weighted by molar-refractivity contribution is 9.10. The third kappa shape index (κ3) is 4.13. The van der Waals surface area contributed by atoms with Crippen molar-refractivity contribution in [1.29, 1.82) is 0 Å². The SMILES string of the molecule is C[Si](C)(C)CCOCOc1c(Br)c(F)cc2c(O)cc(=O)n(C3CC3)c12. The molecule has 1 saturated carbocycles. The topological polar surface area (TPSA) is 60.7 Å². The summed E-state index contributed by atoms with van der Waals surface area (Å²) in [6, 6.07) is 3.39. The lowest BCUT2D eigenvalue weighted by atomic mass is 10.1. The van der Waals surface area contributed by atoms with Gasteiger partial charge in [-0.25, -0.2) is 4.39 Å². The molecule has 142 valence electrons. The normalized spacial score (nSPS) is 14.8. The molecule has 0 atom stereocenters. The van der Waals surface area contributed by atoms with E-state index in [2.05, 4.69) is 35.6 Å². The summed E-state index contributed by atoms with van der Waals surface area (Å²) in [7, 11) is -1.21. The van der Waals surface area contributed by atoms with Gasteiger partial charge in [-0.3, -0.25) is 4.79 Å². The molecule has 1 N–H and O–H groups in total. The summed E-state index contributed by atoms with van der Waals surface area (Å²) >= 11 is 3.21. The van der Waals surface area contributed by atoms with Crippen LogP contribution in [-0.2, 0) is 4.74 Å². The van der Waals surface area contributed by atoms with Crippen molar-refractivity contribution in [2.45, 2.75) is 44.6 Å². The molecule has 5 nitrogen and oxygen atoms in total. The van der Waals surface area contributed by atoms with E-state index in [1.165, 1.54) is 6.07 Å². The van der Waals surface area contributed by atoms with Crippen LogP contribution in [0.3, 0.4) is 0 Å². The van der Waals surface area contributed by atoms with Gasteiger partial charge in [0.15, 0.2) is 12.5 Å². The number of nitrogens with zero attached hydrogens (tertiary/aromatic N) is 1. The third-order valence-electron chi connectivity index (χ3n) is 4.36. The Morgan fingerprint density at radius 2 is 2.04 bits per heavy atom. The zero-order chi connectivity index (χ0) is 19.1. The van der Waals surface area contributed by atoms with Gasteiger partial charge in [-0.2, -0.15) is 0 Å². The van der Waals surface area contributed by atoms with Crippen molar-refractivity contribution < 1.29 is 19.0 Å². The van der Waals surface area contributed by atoms with Crippen LogP contribution in [0.25, 0.3) is 10.9 Å². The number of hydrogen-bond acceptors (Lipinski definition) is 4. The summed E-state index contributed by atoms with van der Waals surface area (Å²) in [6.45, 7) is 7.29. The van der Waals surface area contributed by atoms with Crippen LogP contribution in [0.2, 0.25) is 25.7 Å². The molecule has 0 spiro atoms. The van der Waals surface area contributed by atoms with E-state index in [0.717, 1.165) is 25.0 Å². The minimum atomic E-state index is -1.21. The van der Waals surface area contributed by atoms with Crippen LogP contribution in [0.4, 0.5) is 4.39 Å². The first kappa shape index (κ1) is 19.4. The highest BCUT2D eigenvalue weighted by Gasteiger charge is 2.30. The van der Waals surface area contributed by atoms with Gasteiger partial charge in [-0.15, -0.1) is 0 Å². The fourth-order valence-electron chi connectivity index (χ4n) is 2.77. The highest BCUT2D eigenvalue weighted by atomic mass is 79.9. The molecular weight excluding hydrogens is 421 g/mol. The van der Waals surface area contributed by atoms with E-state index in [4.69, 9.17) is 9.47 Å². The van der Waals surface area contributed by atoms with E-state index < -0.39 is 13.9 Å². The number of benzene rings is 1. The summed E-state index contributed by atoms with van der Waals surface area (Å²) < 4.78 is 27.3. The molecule has 0 radical (unpaired) electrons. The molecule has 1 heterocycles. The van der Waals surface area contributed by atoms with E-state index in [1.54, 1.807) is 4.57 Å². The van der Waals surface area contributed by atoms with Crippen molar-refractivity contribution in [1.82, 2.24) is 4.57 Å². The van der Waals surface area contributed by atoms with Gasteiger partial charge < -0.3 is 19.1 Å². The van der Waals surface area contributed by atoms with E-state index >= 15 is 0 Å². The van der Waals surface area contributed by atoms with Gasteiger partial charge in [0.1, 0.15) is 11.6 Å². The highest BCUT2D eigenvalue weighted by Crippen LogP contribution is 2.43. The first-order valence-corrected chi connectivity index (χ1v) is 13.2. The Balaban J connectivity index is 1.95. The second kappa shape index (κ2) is 7.32. The lowest BCUT2D eigenvalue weighted by molar-refractivity contribution is 0.0221. The molecule has 0 amide bonds. The fraction of sp³-hybridized carbons (Fsp3) is 0.500. The summed E-state index contributed by atoms with van der Waals surface area (Å²) in [5.74, 6) is -0.628. The van der Waals surface area contributed by atoms with E-state index in [9.17, 15) is 14.3 Å². The van der Waals surface area contributed by atoms with Gasteiger partial charge in [-0.1, -0.05) is 19.6 Å². The zero-order valence-corrected chi connectivity index (χ0v) is 17.7. The zero-order valence-electron chi connectivity index (χ0n) is 15.1. The van der Waals surface area contributed by atoms with Crippen LogP contribution in [0.5, 0.6) is 11.5 Å². The largest absolute Gasteiger partial charge is 0.507 e. The molecule has 1 aromatic carbocycles. The quantitative estimate of drug-likeness (QED) is 0.384. The number of pyridine rings is 1. The molecule has 0 aliphatic heterocycles. The molecule has 0 saturated heterocycles. The fourth-order valence-corrected chi connectivity index (χ4v) is 3.94. The van der Waals surface area contributed by atoms with Crippen LogP contribution in [0.15, 0.2) is 21.4 Å². The number of halogens is 2. The maximum atomic E-state index is 14.3. The van der Waals surface area contributed by atoms with Crippen molar-refractivity contribution in [3.05, 3.63) is 32.8 Å². The second-order valence-electron chi connectivity index (χ2n) is 7.85. The molecule has 26 heavy (non-hydrogen) atoms. The second-order valence-corrected chi connectivity index (χ2v) is 14.3. The molecule has 1 aromatic heterocycles. The Hall–Kier alpha value is -1.38. The molecular formula is C18H23BrFNO4Si. The number of aromatic hydroxyl groups is 1. The lowest BCUT2D eigenvalue weighted by Gasteiger charge is -2.18. The van der Waals surface area contributed by atoms with E-state index in [0.29, 0.717) is 12.1 Å². The van der Waals surface area contributed by atoms with Gasteiger partial charge >= 0.3 is 0 Å². The lowest BCUT2D eigenvalue weighted by Crippen LogP contribution is -2.22. The van der Waals surface area contributed by atoms with Crippen molar-refractivity contribution in [2.75, 3.05) is 13.4 Å². The number of rotatable bonds is 7. The Kier molecular flexibility index (Phi) is 5.46. The average Bonchev–Trinajstić information content (AvgIpc) is 3.35. The van der Waals surface area contributed by atoms with Crippen LogP contribution in [0, 0.1) is 5.82 Å². The predicted octanol–water partition coefficient (Wildman–Crippen LogP) is 4.63. The van der Waals surface area contributed by atoms with Crippen LogP contribution in [0.1, 0.15) is 18.9 Å². The van der Waals surface area contributed by atoms with Crippen molar-refractivity contribution >= 4 is 34.9 Å². The Morgan fingerprint density at radius 1 is 1.35 bits per heavy atom. The van der Waals surface area contributed by atoms with E-state index in [-0.39, 0.29) is 39.8 Å². The maximum absolute atomic E-state index is 14.3.